The summed E-state index contributed by atoms with van der Waals surface area (Å²) in [7, 11) is -9.16. The minimum Gasteiger partial charge on any atom is -0.874 e. The van der Waals surface area contributed by atoms with E-state index in [0.29, 0.717) is 39.5 Å². The van der Waals surface area contributed by atoms with Crippen molar-refractivity contribution in [3.05, 3.63) is 184 Å². The van der Waals surface area contributed by atoms with Crippen molar-refractivity contribution in [3.63, 3.8) is 0 Å². The molecule has 2 spiro atoms. The lowest BCUT2D eigenvalue weighted by Crippen LogP contribution is -2.91. The highest BCUT2D eigenvalue weighted by atomic mass is 32.2. The van der Waals surface area contributed by atoms with Crippen molar-refractivity contribution in [1.29, 1.82) is 0 Å². The molecule has 4 atom stereocenters. The molecule has 0 amide bonds. The Morgan fingerprint density at radius 1 is 0.609 bits per heavy atom. The Hall–Kier alpha value is -7.36. The molecular formula is C50H32N4O8S2. The molecule has 312 valence electrons. The van der Waals surface area contributed by atoms with Gasteiger partial charge < -0.3 is 21.1 Å². The monoisotopic (exact) mass is 880 g/mol. The summed E-state index contributed by atoms with van der Waals surface area (Å²) in [6, 6.07) is 39.5. The molecule has 0 saturated carbocycles. The third-order valence-electron chi connectivity index (χ3n) is 13.8. The summed E-state index contributed by atoms with van der Waals surface area (Å²) in [5.74, 6) is -2.55. The normalized spacial score (nSPS) is 22.7. The van der Waals surface area contributed by atoms with Crippen LogP contribution in [0.15, 0.2) is 155 Å². The Morgan fingerprint density at radius 3 is 1.97 bits per heavy atom. The number of fused-ring (bicyclic) bond motifs is 10. The maximum atomic E-state index is 15.0. The Morgan fingerprint density at radius 2 is 1.23 bits per heavy atom. The molecule has 6 aliphatic rings. The van der Waals surface area contributed by atoms with Crippen LogP contribution in [-0.4, -0.2) is 37.4 Å². The van der Waals surface area contributed by atoms with Crippen LogP contribution in [0.3, 0.4) is 0 Å². The highest BCUT2D eigenvalue weighted by Crippen LogP contribution is 2.56. The van der Waals surface area contributed by atoms with Gasteiger partial charge in [-0.3, -0.25) is 13.9 Å². The van der Waals surface area contributed by atoms with Gasteiger partial charge in [0, 0.05) is 33.3 Å². The second-order valence-corrected chi connectivity index (χ2v) is 19.8. The molecule has 14 heteroatoms. The van der Waals surface area contributed by atoms with E-state index in [1.54, 1.807) is 18.2 Å². The highest BCUT2D eigenvalue weighted by molar-refractivity contribution is 7.86. The van der Waals surface area contributed by atoms with E-state index < -0.39 is 43.4 Å². The fourth-order valence-electron chi connectivity index (χ4n) is 11.1. The van der Waals surface area contributed by atoms with E-state index in [4.69, 9.17) is 0 Å². The Balaban J connectivity index is 0.980. The standard InChI is InChI=1S/C50H32N4O8S2/c55-47-43(33-19-15-25-7-5-13-39-41(25)45(33)53-49(51-39)35-11-3-1-9-29(35)31-21-17-27(23-37(31)49)63(57,58)59)48(56)44(47)34-20-16-26-8-6-14-40-42(26)46(34)54-50(52-40)36-12-4-2-10-30(36)32-22-18-28(24-38(32)50)64(60,61)62/h1-24,33,43,51-52,54-55H,(H,57,58,59)(H,60,61,62). The number of hydrogen-bond donors (Lipinski definition) is 6. The molecule has 6 N–H and O–H groups in total. The molecule has 4 aliphatic carbocycles. The van der Waals surface area contributed by atoms with Gasteiger partial charge in [0.25, 0.3) is 25.9 Å². The van der Waals surface area contributed by atoms with E-state index in [9.17, 15) is 25.9 Å². The van der Waals surface area contributed by atoms with E-state index in [-0.39, 0.29) is 26.9 Å². The first-order chi connectivity index (χ1) is 30.8. The van der Waals surface area contributed by atoms with Gasteiger partial charge in [0.05, 0.1) is 49.7 Å². The number of carbonyl (C=O) groups excluding carboxylic acids is 1. The molecule has 0 bridgehead atoms. The maximum Gasteiger partial charge on any atom is 0.294 e. The predicted octanol–water partition coefficient (Wildman–Crippen LogP) is 5.84. The molecular weight excluding hydrogens is 849 g/mol. The van der Waals surface area contributed by atoms with Gasteiger partial charge >= 0.3 is 0 Å². The predicted molar refractivity (Wildman–Crippen MR) is 239 cm³/mol. The zero-order valence-electron chi connectivity index (χ0n) is 33.2. The largest absolute Gasteiger partial charge is 0.874 e. The number of nitrogens with one attached hydrogen (secondary N) is 4. The van der Waals surface area contributed by atoms with E-state index in [1.165, 1.54) is 24.3 Å². The zero-order valence-corrected chi connectivity index (χ0v) is 34.8. The van der Waals surface area contributed by atoms with Crippen molar-refractivity contribution in [2.24, 2.45) is 11.8 Å². The maximum absolute atomic E-state index is 15.0. The number of anilines is 3. The molecule has 0 aromatic heterocycles. The summed E-state index contributed by atoms with van der Waals surface area (Å²) < 4.78 is 70.4. The summed E-state index contributed by atoms with van der Waals surface area (Å²) >= 11 is 0. The summed E-state index contributed by atoms with van der Waals surface area (Å²) in [4.78, 5) is 18.2. The van der Waals surface area contributed by atoms with Crippen LogP contribution in [0.2, 0.25) is 0 Å². The molecule has 7 aromatic carbocycles. The first-order valence-electron chi connectivity index (χ1n) is 20.5. The summed E-state index contributed by atoms with van der Waals surface area (Å²) in [5, 5.41) is 27.6. The van der Waals surface area contributed by atoms with Gasteiger partial charge in [-0.05, 0) is 75.7 Å². The fraction of sp³-hybridized carbons (Fsp3) is 0.0800. The number of rotatable bonds is 4. The Labute approximate surface area is 365 Å². The lowest BCUT2D eigenvalue weighted by Gasteiger charge is -2.44. The SMILES string of the molecule is O=C1C(c2ccc3cccc4c3c2NC2(N4)c3ccccc3-c3ccc(S(=O)(=O)O)cc32)=C([O-])C1C1C=Cc2cccc3c2C1=[NH+]C1(N3)c2ccccc2-c2ccc(S(=O)(=O)O)cc21. The number of Topliss-reactive ketones (excluding diaryl/α,β-unsaturated/α-hetero) is 1. The van der Waals surface area contributed by atoms with Gasteiger partial charge in [-0.2, -0.15) is 16.8 Å². The second kappa shape index (κ2) is 12.2. The van der Waals surface area contributed by atoms with E-state index in [1.807, 2.05) is 103 Å². The van der Waals surface area contributed by atoms with Crippen molar-refractivity contribution < 1.29 is 40.8 Å². The summed E-state index contributed by atoms with van der Waals surface area (Å²) in [5.41, 5.74) is 7.99. The fourth-order valence-corrected chi connectivity index (χ4v) is 12.1. The quantitative estimate of drug-likeness (QED) is 0.116. The topological polar surface area (TPSA) is 199 Å². The van der Waals surface area contributed by atoms with E-state index >= 15 is 9.90 Å². The highest BCUT2D eigenvalue weighted by Gasteiger charge is 2.56. The summed E-state index contributed by atoms with van der Waals surface area (Å²) in [6.45, 7) is 0. The molecule has 12 nitrogen and oxygen atoms in total. The van der Waals surface area contributed by atoms with Crippen molar-refractivity contribution in [2.75, 3.05) is 16.0 Å². The minimum absolute atomic E-state index is 0.0329. The van der Waals surface area contributed by atoms with Crippen molar-refractivity contribution in [1.82, 2.24) is 0 Å². The third kappa shape index (κ3) is 4.71. The van der Waals surface area contributed by atoms with Crippen LogP contribution in [0.4, 0.5) is 17.1 Å². The van der Waals surface area contributed by atoms with Crippen LogP contribution in [0.25, 0.3) is 44.7 Å². The summed E-state index contributed by atoms with van der Waals surface area (Å²) in [6.07, 6.45) is 3.79. The number of ketones is 1. The lowest BCUT2D eigenvalue weighted by molar-refractivity contribution is -0.543. The average molecular weight is 881 g/mol. The van der Waals surface area contributed by atoms with Crippen molar-refractivity contribution in [3.8, 4) is 22.3 Å². The lowest BCUT2D eigenvalue weighted by atomic mass is 9.66. The third-order valence-corrected chi connectivity index (χ3v) is 15.5. The molecule has 0 saturated heterocycles. The van der Waals surface area contributed by atoms with Crippen LogP contribution in [-0.2, 0) is 36.4 Å². The van der Waals surface area contributed by atoms with Crippen LogP contribution in [0.1, 0.15) is 38.9 Å². The van der Waals surface area contributed by atoms with Gasteiger partial charge in [-0.25, -0.2) is 4.99 Å². The molecule has 2 heterocycles. The van der Waals surface area contributed by atoms with Gasteiger partial charge in [-0.15, -0.1) is 5.76 Å². The van der Waals surface area contributed by atoms with Gasteiger partial charge in [-0.1, -0.05) is 103 Å². The molecule has 2 aliphatic heterocycles. The van der Waals surface area contributed by atoms with Crippen LogP contribution in [0, 0.1) is 11.8 Å². The number of carbonyl (C=O) groups is 1. The van der Waals surface area contributed by atoms with Gasteiger partial charge in [0.15, 0.2) is 17.2 Å². The molecule has 13 rings (SSSR count). The second-order valence-electron chi connectivity index (χ2n) is 17.0. The van der Waals surface area contributed by atoms with E-state index in [2.05, 4.69) is 20.9 Å². The molecule has 4 unspecified atom stereocenters. The van der Waals surface area contributed by atoms with Gasteiger partial charge in [0.1, 0.15) is 0 Å². The molecule has 0 radical (unpaired) electrons. The number of allylic oxidation sites excluding steroid dienone is 3. The smallest absolute Gasteiger partial charge is 0.294 e. The molecule has 64 heavy (non-hydrogen) atoms. The minimum atomic E-state index is -4.58. The van der Waals surface area contributed by atoms with Gasteiger partial charge in [0.2, 0.25) is 0 Å². The van der Waals surface area contributed by atoms with Crippen LogP contribution >= 0.6 is 0 Å². The van der Waals surface area contributed by atoms with Crippen molar-refractivity contribution in [2.45, 2.75) is 21.1 Å². The Kier molecular flexibility index (Phi) is 7.10. The molecule has 7 aromatic rings. The zero-order chi connectivity index (χ0) is 43.7. The van der Waals surface area contributed by atoms with E-state index in [0.717, 1.165) is 55.3 Å². The van der Waals surface area contributed by atoms with Crippen LogP contribution in [0.5, 0.6) is 0 Å². The number of hydrogen-bond acceptors (Lipinski definition) is 9. The molecule has 0 fully saturated rings. The average Bonchev–Trinajstić information content (AvgIpc) is 3.69. The number of benzene rings is 7. The first kappa shape index (κ1) is 37.2. The van der Waals surface area contributed by atoms with Crippen molar-refractivity contribution >= 4 is 71.2 Å². The first-order valence-corrected chi connectivity index (χ1v) is 23.4. The Bertz CT molecular complexity index is 3730. The van der Waals surface area contributed by atoms with Crippen LogP contribution < -0.4 is 26.0 Å².